The molecule has 0 radical (unpaired) electrons. The van der Waals surface area contributed by atoms with Crippen LogP contribution < -0.4 is 10.0 Å². The van der Waals surface area contributed by atoms with Crippen LogP contribution in [0.4, 0.5) is 0 Å². The van der Waals surface area contributed by atoms with Crippen molar-refractivity contribution in [1.29, 1.82) is 0 Å². The molecule has 2 N–H and O–H groups in total. The molecule has 0 saturated carbocycles. The van der Waals surface area contributed by atoms with Gasteiger partial charge in [-0.15, -0.1) is 0 Å². The number of piperidine rings is 1. The van der Waals surface area contributed by atoms with E-state index in [1.54, 1.807) is 11.8 Å². The Kier molecular flexibility index (Phi) is 4.77. The standard InChI is InChI=1S/C11H22N4O3S/c1-10(16)14-6-2-11(3-7-14)13-19(17,18)15-8-4-12-5-9-15/h11-13H,2-9H2,1H3. The summed E-state index contributed by atoms with van der Waals surface area (Å²) >= 11 is 0. The van der Waals surface area contributed by atoms with Crippen LogP contribution in [0.5, 0.6) is 0 Å². The highest BCUT2D eigenvalue weighted by Crippen LogP contribution is 2.12. The first-order valence-corrected chi connectivity index (χ1v) is 8.17. The lowest BCUT2D eigenvalue weighted by Crippen LogP contribution is -2.54. The fourth-order valence-corrected chi connectivity index (χ4v) is 3.95. The van der Waals surface area contributed by atoms with E-state index in [1.807, 2.05) is 0 Å². The zero-order valence-corrected chi connectivity index (χ0v) is 12.1. The molecule has 2 aliphatic heterocycles. The van der Waals surface area contributed by atoms with Crippen molar-refractivity contribution in [3.05, 3.63) is 0 Å². The Balaban J connectivity index is 1.85. The molecule has 8 heteroatoms. The van der Waals surface area contributed by atoms with Crippen molar-refractivity contribution >= 4 is 16.1 Å². The quantitative estimate of drug-likeness (QED) is 0.679. The Labute approximate surface area is 114 Å². The number of carbonyl (C=O) groups excluding carboxylic acids is 1. The van der Waals surface area contributed by atoms with Gasteiger partial charge in [0.05, 0.1) is 0 Å². The number of rotatable bonds is 3. The van der Waals surface area contributed by atoms with Crippen LogP contribution in [0.25, 0.3) is 0 Å². The van der Waals surface area contributed by atoms with Crippen LogP contribution in [0.2, 0.25) is 0 Å². The number of nitrogens with zero attached hydrogens (tertiary/aromatic N) is 2. The van der Waals surface area contributed by atoms with E-state index >= 15 is 0 Å². The molecular weight excluding hydrogens is 268 g/mol. The van der Waals surface area contributed by atoms with Crippen molar-refractivity contribution in [2.24, 2.45) is 0 Å². The normalized spacial score (nSPS) is 23.5. The second kappa shape index (κ2) is 6.17. The Hall–Kier alpha value is -0.700. The number of carbonyl (C=O) groups is 1. The average Bonchev–Trinajstić information content (AvgIpc) is 2.40. The Bertz CT molecular complexity index is 412. The van der Waals surface area contributed by atoms with E-state index in [1.165, 1.54) is 4.31 Å². The van der Waals surface area contributed by atoms with Crippen LogP contribution in [-0.4, -0.2) is 68.8 Å². The maximum Gasteiger partial charge on any atom is 0.279 e. The lowest BCUT2D eigenvalue weighted by molar-refractivity contribution is -0.129. The maximum atomic E-state index is 12.2. The summed E-state index contributed by atoms with van der Waals surface area (Å²) in [6.07, 6.45) is 1.37. The fourth-order valence-electron chi connectivity index (χ4n) is 2.48. The molecule has 0 aliphatic carbocycles. The summed E-state index contributed by atoms with van der Waals surface area (Å²) in [4.78, 5) is 13.0. The summed E-state index contributed by atoms with van der Waals surface area (Å²) < 4.78 is 28.6. The maximum absolute atomic E-state index is 12.2. The molecule has 2 saturated heterocycles. The molecule has 2 rings (SSSR count). The van der Waals surface area contributed by atoms with Gasteiger partial charge < -0.3 is 10.2 Å². The largest absolute Gasteiger partial charge is 0.343 e. The van der Waals surface area contributed by atoms with E-state index in [4.69, 9.17) is 0 Å². The van der Waals surface area contributed by atoms with E-state index in [2.05, 4.69) is 10.0 Å². The molecule has 0 unspecified atom stereocenters. The predicted molar refractivity (Wildman–Crippen MR) is 71.8 cm³/mol. The summed E-state index contributed by atoms with van der Waals surface area (Å²) in [7, 11) is -3.38. The van der Waals surface area contributed by atoms with Gasteiger partial charge in [0.15, 0.2) is 0 Å². The van der Waals surface area contributed by atoms with Crippen molar-refractivity contribution in [3.63, 3.8) is 0 Å². The second-order valence-electron chi connectivity index (χ2n) is 5.05. The molecule has 110 valence electrons. The molecule has 0 aromatic heterocycles. The lowest BCUT2D eigenvalue weighted by atomic mass is 10.1. The van der Waals surface area contributed by atoms with Crippen molar-refractivity contribution in [1.82, 2.24) is 19.2 Å². The highest BCUT2D eigenvalue weighted by Gasteiger charge is 2.29. The first-order chi connectivity index (χ1) is 8.99. The Morgan fingerprint density at radius 2 is 1.74 bits per heavy atom. The molecule has 2 heterocycles. The highest BCUT2D eigenvalue weighted by molar-refractivity contribution is 7.87. The monoisotopic (exact) mass is 290 g/mol. The molecule has 0 aromatic rings. The van der Waals surface area contributed by atoms with Gasteiger partial charge in [-0.25, -0.2) is 0 Å². The molecule has 0 bridgehead atoms. The molecule has 0 atom stereocenters. The smallest absolute Gasteiger partial charge is 0.279 e. The first kappa shape index (κ1) is 14.7. The van der Waals surface area contributed by atoms with Crippen LogP contribution in [0.1, 0.15) is 19.8 Å². The van der Waals surface area contributed by atoms with Crippen molar-refractivity contribution in [2.45, 2.75) is 25.8 Å². The zero-order chi connectivity index (χ0) is 13.9. The van der Waals surface area contributed by atoms with Crippen LogP contribution in [-0.2, 0) is 15.0 Å². The summed E-state index contributed by atoms with van der Waals surface area (Å²) in [6, 6.07) is -0.0597. The first-order valence-electron chi connectivity index (χ1n) is 6.72. The van der Waals surface area contributed by atoms with Crippen LogP contribution in [0.3, 0.4) is 0 Å². The van der Waals surface area contributed by atoms with Gasteiger partial charge in [0, 0.05) is 52.2 Å². The minimum Gasteiger partial charge on any atom is -0.343 e. The molecule has 0 aromatic carbocycles. The van der Waals surface area contributed by atoms with Crippen LogP contribution in [0, 0.1) is 0 Å². The molecule has 7 nitrogen and oxygen atoms in total. The van der Waals surface area contributed by atoms with E-state index in [0.29, 0.717) is 52.1 Å². The highest BCUT2D eigenvalue weighted by atomic mass is 32.2. The zero-order valence-electron chi connectivity index (χ0n) is 11.3. The number of nitrogens with one attached hydrogen (secondary N) is 2. The third-order valence-electron chi connectivity index (χ3n) is 3.67. The average molecular weight is 290 g/mol. The molecule has 2 fully saturated rings. The summed E-state index contributed by atoms with van der Waals surface area (Å²) in [5, 5.41) is 3.13. The van der Waals surface area contributed by atoms with Gasteiger partial charge >= 0.3 is 0 Å². The van der Waals surface area contributed by atoms with Gasteiger partial charge in [0.2, 0.25) is 5.91 Å². The van der Waals surface area contributed by atoms with Crippen LogP contribution >= 0.6 is 0 Å². The molecular formula is C11H22N4O3S. The van der Waals surface area contributed by atoms with Gasteiger partial charge in [0.25, 0.3) is 10.2 Å². The van der Waals surface area contributed by atoms with Gasteiger partial charge in [-0.1, -0.05) is 0 Å². The molecule has 1 amide bonds. The number of likely N-dealkylation sites (tertiary alicyclic amines) is 1. The van der Waals surface area contributed by atoms with Crippen molar-refractivity contribution in [3.8, 4) is 0 Å². The number of hydrogen-bond acceptors (Lipinski definition) is 4. The lowest BCUT2D eigenvalue weighted by Gasteiger charge is -2.34. The molecule has 19 heavy (non-hydrogen) atoms. The number of hydrogen-bond donors (Lipinski definition) is 2. The predicted octanol–water partition coefficient (Wildman–Crippen LogP) is -1.26. The van der Waals surface area contributed by atoms with Crippen molar-refractivity contribution in [2.75, 3.05) is 39.3 Å². The minimum atomic E-state index is -3.38. The second-order valence-corrected chi connectivity index (χ2v) is 6.75. The van der Waals surface area contributed by atoms with E-state index in [0.717, 1.165) is 0 Å². The van der Waals surface area contributed by atoms with Gasteiger partial charge in [-0.05, 0) is 12.8 Å². The number of amides is 1. The van der Waals surface area contributed by atoms with E-state index in [-0.39, 0.29) is 11.9 Å². The SMILES string of the molecule is CC(=O)N1CCC(NS(=O)(=O)N2CCNCC2)CC1. The topological polar surface area (TPSA) is 81.8 Å². The fraction of sp³-hybridized carbons (Fsp3) is 0.909. The van der Waals surface area contributed by atoms with Gasteiger partial charge in [0.1, 0.15) is 0 Å². The summed E-state index contributed by atoms with van der Waals surface area (Å²) in [5.74, 6) is 0.0587. The third kappa shape index (κ3) is 3.88. The Morgan fingerprint density at radius 3 is 2.26 bits per heavy atom. The van der Waals surface area contributed by atoms with Crippen LogP contribution in [0.15, 0.2) is 0 Å². The van der Waals surface area contributed by atoms with Gasteiger partial charge in [-0.2, -0.15) is 17.4 Å². The van der Waals surface area contributed by atoms with Gasteiger partial charge in [-0.3, -0.25) is 4.79 Å². The number of piperazine rings is 1. The third-order valence-corrected chi connectivity index (χ3v) is 5.35. The molecule has 0 spiro atoms. The molecule has 2 aliphatic rings. The van der Waals surface area contributed by atoms with E-state index < -0.39 is 10.2 Å². The van der Waals surface area contributed by atoms with Crippen molar-refractivity contribution < 1.29 is 13.2 Å². The Morgan fingerprint density at radius 1 is 1.16 bits per heavy atom. The summed E-state index contributed by atoms with van der Waals surface area (Å²) in [6.45, 7) is 5.23. The van der Waals surface area contributed by atoms with E-state index in [9.17, 15) is 13.2 Å². The minimum absolute atomic E-state index is 0.0587. The summed E-state index contributed by atoms with van der Waals surface area (Å²) in [5.41, 5.74) is 0.